The van der Waals surface area contributed by atoms with Gasteiger partial charge in [0.05, 0.1) is 11.6 Å². The van der Waals surface area contributed by atoms with Gasteiger partial charge in [-0.15, -0.1) is 5.10 Å². The summed E-state index contributed by atoms with van der Waals surface area (Å²) < 4.78 is 7.00. The Balaban J connectivity index is 1.62. The number of rotatable bonds is 3. The van der Waals surface area contributed by atoms with E-state index in [1.807, 2.05) is 37.9 Å². The molecule has 8 nitrogen and oxygen atoms in total. The lowest BCUT2D eigenvalue weighted by molar-refractivity contribution is 0.0728. The van der Waals surface area contributed by atoms with Crippen LogP contribution < -0.4 is 0 Å². The highest BCUT2D eigenvalue weighted by Gasteiger charge is 2.34. The smallest absolute Gasteiger partial charge is 0.254 e. The molecule has 0 saturated carbocycles. The molecule has 0 bridgehead atoms. The third-order valence-corrected chi connectivity index (χ3v) is 4.62. The van der Waals surface area contributed by atoms with Crippen molar-refractivity contribution in [3.05, 3.63) is 35.5 Å². The van der Waals surface area contributed by atoms with Crippen molar-refractivity contribution in [3.63, 3.8) is 0 Å². The molecule has 0 N–H and O–H groups in total. The fourth-order valence-corrected chi connectivity index (χ4v) is 3.23. The molecule has 0 spiro atoms. The van der Waals surface area contributed by atoms with E-state index in [0.717, 1.165) is 18.4 Å². The lowest BCUT2D eigenvalue weighted by Gasteiger charge is -2.22. The second-order valence-electron chi connectivity index (χ2n) is 6.72. The molecule has 1 aliphatic heterocycles. The van der Waals surface area contributed by atoms with Gasteiger partial charge < -0.3 is 9.42 Å². The fourth-order valence-electron chi connectivity index (χ4n) is 3.23. The minimum atomic E-state index is -0.138. The highest BCUT2D eigenvalue weighted by atomic mass is 16.5. The molecule has 3 aromatic rings. The van der Waals surface area contributed by atoms with Crippen LogP contribution in [0.4, 0.5) is 0 Å². The molecule has 1 aliphatic rings. The lowest BCUT2D eigenvalue weighted by Crippen LogP contribution is -2.31. The van der Waals surface area contributed by atoms with Gasteiger partial charge in [-0.1, -0.05) is 24.2 Å². The molecule has 1 saturated heterocycles. The van der Waals surface area contributed by atoms with Crippen LogP contribution in [0.5, 0.6) is 0 Å². The molecular formula is C17H20N6O2. The summed E-state index contributed by atoms with van der Waals surface area (Å²) in [6.07, 6.45) is 1.77. The predicted octanol–water partition coefficient (Wildman–Crippen LogP) is 2.45. The summed E-state index contributed by atoms with van der Waals surface area (Å²) in [5.74, 6) is 1.34. The summed E-state index contributed by atoms with van der Waals surface area (Å²) in [5, 5.41) is 12.2. The van der Waals surface area contributed by atoms with E-state index in [1.165, 1.54) is 0 Å². The van der Waals surface area contributed by atoms with Crippen molar-refractivity contribution >= 4 is 16.9 Å². The summed E-state index contributed by atoms with van der Waals surface area (Å²) in [5.41, 5.74) is 2.22. The first-order valence-electron chi connectivity index (χ1n) is 8.48. The molecule has 25 heavy (non-hydrogen) atoms. The first-order valence-corrected chi connectivity index (χ1v) is 8.48. The van der Waals surface area contributed by atoms with Crippen molar-refractivity contribution < 1.29 is 9.32 Å². The zero-order chi connectivity index (χ0) is 17.6. The summed E-state index contributed by atoms with van der Waals surface area (Å²) in [6.45, 7) is 4.70. The van der Waals surface area contributed by atoms with Crippen molar-refractivity contribution in [1.82, 2.24) is 30.0 Å². The van der Waals surface area contributed by atoms with Gasteiger partial charge in [-0.05, 0) is 31.0 Å². The van der Waals surface area contributed by atoms with Gasteiger partial charge in [0.15, 0.2) is 5.82 Å². The highest BCUT2D eigenvalue weighted by molar-refractivity contribution is 5.97. The van der Waals surface area contributed by atoms with Crippen LogP contribution in [0.15, 0.2) is 22.7 Å². The van der Waals surface area contributed by atoms with Crippen LogP contribution in [0.2, 0.25) is 0 Å². The van der Waals surface area contributed by atoms with E-state index >= 15 is 0 Å². The molecule has 3 heterocycles. The number of carbonyl (C=O) groups is 1. The normalized spacial score (nSPS) is 17.8. The second kappa shape index (κ2) is 5.94. The van der Waals surface area contributed by atoms with Crippen LogP contribution in [-0.2, 0) is 7.05 Å². The molecule has 1 unspecified atom stereocenters. The van der Waals surface area contributed by atoms with Crippen LogP contribution in [-0.4, -0.2) is 42.5 Å². The van der Waals surface area contributed by atoms with E-state index in [2.05, 4.69) is 20.5 Å². The molecule has 1 amide bonds. The van der Waals surface area contributed by atoms with Crippen LogP contribution in [0, 0.1) is 0 Å². The summed E-state index contributed by atoms with van der Waals surface area (Å²) in [6, 6.07) is 5.34. The number of carbonyl (C=O) groups excluding carboxylic acids is 1. The van der Waals surface area contributed by atoms with Crippen molar-refractivity contribution in [2.75, 3.05) is 6.54 Å². The number of likely N-dealkylation sites (tertiary alicyclic amines) is 1. The zero-order valence-electron chi connectivity index (χ0n) is 14.5. The lowest BCUT2D eigenvalue weighted by atomic mass is 10.1. The van der Waals surface area contributed by atoms with E-state index < -0.39 is 0 Å². The van der Waals surface area contributed by atoms with Crippen molar-refractivity contribution in [3.8, 4) is 0 Å². The third kappa shape index (κ3) is 2.67. The molecule has 130 valence electrons. The quantitative estimate of drug-likeness (QED) is 0.727. The van der Waals surface area contributed by atoms with Gasteiger partial charge in [0.2, 0.25) is 5.89 Å². The fraction of sp³-hybridized carbons (Fsp3) is 0.471. The topological polar surface area (TPSA) is 89.9 Å². The Morgan fingerprint density at radius 3 is 2.96 bits per heavy atom. The van der Waals surface area contributed by atoms with Gasteiger partial charge >= 0.3 is 0 Å². The average Bonchev–Trinajstić information content (AvgIpc) is 3.33. The van der Waals surface area contributed by atoms with E-state index in [1.54, 1.807) is 10.7 Å². The number of fused-ring (bicyclic) bond motifs is 1. The van der Waals surface area contributed by atoms with Gasteiger partial charge in [-0.2, -0.15) is 4.98 Å². The second-order valence-corrected chi connectivity index (χ2v) is 6.72. The maximum atomic E-state index is 13.0. The van der Waals surface area contributed by atoms with Gasteiger partial charge in [0, 0.05) is 25.1 Å². The Labute approximate surface area is 144 Å². The van der Waals surface area contributed by atoms with Gasteiger partial charge in [0.25, 0.3) is 5.91 Å². The molecule has 0 radical (unpaired) electrons. The Hall–Kier alpha value is -2.77. The largest absolute Gasteiger partial charge is 0.339 e. The zero-order valence-corrected chi connectivity index (χ0v) is 14.5. The number of nitrogens with zero attached hydrogens (tertiary/aromatic N) is 6. The van der Waals surface area contributed by atoms with Crippen LogP contribution in [0.25, 0.3) is 11.0 Å². The summed E-state index contributed by atoms with van der Waals surface area (Å²) in [7, 11) is 1.83. The number of benzene rings is 1. The van der Waals surface area contributed by atoms with E-state index in [4.69, 9.17) is 4.52 Å². The monoisotopic (exact) mass is 340 g/mol. The predicted molar refractivity (Wildman–Crippen MR) is 89.9 cm³/mol. The van der Waals surface area contributed by atoms with Gasteiger partial charge in [0.1, 0.15) is 5.52 Å². The maximum Gasteiger partial charge on any atom is 0.254 e. The molecular weight excluding hydrogens is 320 g/mol. The third-order valence-electron chi connectivity index (χ3n) is 4.62. The van der Waals surface area contributed by atoms with E-state index in [9.17, 15) is 4.79 Å². The molecule has 1 atom stereocenters. The standard InChI is InChI=1S/C17H20N6O2/c1-10(2)16-18-15(20-25-16)14-5-4-8-23(14)17(24)11-6-7-13-12(9-11)19-21-22(13)3/h6-7,9-10,14H,4-5,8H2,1-3H3. The number of aromatic nitrogens is 5. The maximum absolute atomic E-state index is 13.0. The minimum Gasteiger partial charge on any atom is -0.339 e. The van der Waals surface area contributed by atoms with Crippen molar-refractivity contribution in [2.45, 2.75) is 38.6 Å². The summed E-state index contributed by atoms with van der Waals surface area (Å²) >= 11 is 0. The molecule has 1 aromatic carbocycles. The first-order chi connectivity index (χ1) is 12.0. The van der Waals surface area contributed by atoms with Gasteiger partial charge in [-0.3, -0.25) is 4.79 Å². The van der Waals surface area contributed by atoms with Crippen LogP contribution in [0.3, 0.4) is 0 Å². The highest BCUT2D eigenvalue weighted by Crippen LogP contribution is 2.32. The number of amides is 1. The first kappa shape index (κ1) is 15.7. The van der Waals surface area contributed by atoms with Crippen LogP contribution in [0.1, 0.15) is 60.7 Å². The Morgan fingerprint density at radius 1 is 1.36 bits per heavy atom. The van der Waals surface area contributed by atoms with Gasteiger partial charge in [-0.25, -0.2) is 4.68 Å². The van der Waals surface area contributed by atoms with E-state index in [-0.39, 0.29) is 17.9 Å². The average molecular weight is 340 g/mol. The number of hydrogen-bond donors (Lipinski definition) is 0. The van der Waals surface area contributed by atoms with Crippen LogP contribution >= 0.6 is 0 Å². The minimum absolute atomic E-state index is 0.0362. The SMILES string of the molecule is CC(C)c1nc(C2CCCN2C(=O)c2ccc3c(c2)nnn3C)no1. The molecule has 1 fully saturated rings. The summed E-state index contributed by atoms with van der Waals surface area (Å²) in [4.78, 5) is 19.3. The molecule has 4 rings (SSSR count). The Kier molecular flexibility index (Phi) is 3.74. The van der Waals surface area contributed by atoms with E-state index in [0.29, 0.717) is 29.3 Å². The number of aryl methyl sites for hydroxylation is 1. The molecule has 8 heteroatoms. The number of hydrogen-bond acceptors (Lipinski definition) is 6. The van der Waals surface area contributed by atoms with Crippen molar-refractivity contribution in [1.29, 1.82) is 0 Å². The van der Waals surface area contributed by atoms with Crippen molar-refractivity contribution in [2.24, 2.45) is 7.05 Å². The Morgan fingerprint density at radius 2 is 2.20 bits per heavy atom. The Bertz CT molecular complexity index is 928. The molecule has 2 aromatic heterocycles. The molecule has 0 aliphatic carbocycles.